The van der Waals surface area contributed by atoms with E-state index in [1.807, 2.05) is 0 Å². The number of amides is 1. The van der Waals surface area contributed by atoms with Gasteiger partial charge in [-0.2, -0.15) is 5.10 Å². The zero-order valence-electron chi connectivity index (χ0n) is 18.9. The molecule has 0 aromatic carbocycles. The number of hydrogen-bond donors (Lipinski definition) is 3. The van der Waals surface area contributed by atoms with Crippen LogP contribution in [0, 0.1) is 5.92 Å². The van der Waals surface area contributed by atoms with E-state index in [-0.39, 0.29) is 17.2 Å². The summed E-state index contributed by atoms with van der Waals surface area (Å²) in [5.41, 5.74) is 0.837. The first-order chi connectivity index (χ1) is 17.2. The molecule has 0 spiro atoms. The molecule has 4 saturated carbocycles. The van der Waals surface area contributed by atoms with Crippen LogP contribution in [0.4, 0.5) is 34.1 Å². The van der Waals surface area contributed by atoms with Gasteiger partial charge in [0.1, 0.15) is 17.9 Å². The Labute approximate surface area is 201 Å². The molecule has 4 aliphatic carbocycles. The third-order valence-corrected chi connectivity index (χ3v) is 7.22. The number of fused-ring (bicyclic) bond motifs is 1. The van der Waals surface area contributed by atoms with Crippen molar-refractivity contribution < 1.29 is 31.8 Å². The maximum Gasteiger partial charge on any atom is 0.522 e. The minimum atomic E-state index is -4.76. The van der Waals surface area contributed by atoms with Gasteiger partial charge in [-0.25, -0.2) is 19.2 Å². The summed E-state index contributed by atoms with van der Waals surface area (Å²) in [6.45, 7) is -0.737. The number of halogens is 4. The Morgan fingerprint density at radius 1 is 1.28 bits per heavy atom. The van der Waals surface area contributed by atoms with E-state index < -0.39 is 37.3 Å². The van der Waals surface area contributed by atoms with Crippen molar-refractivity contribution in [3.05, 3.63) is 35.9 Å². The number of imidazole rings is 1. The summed E-state index contributed by atoms with van der Waals surface area (Å²) in [5, 5.41) is 12.8. The van der Waals surface area contributed by atoms with Crippen molar-refractivity contribution in [2.75, 3.05) is 5.32 Å². The smallest absolute Gasteiger partial charge is 0.443 e. The zero-order chi connectivity index (χ0) is 25.1. The van der Waals surface area contributed by atoms with Gasteiger partial charge in [-0.3, -0.25) is 14.2 Å². The van der Waals surface area contributed by atoms with Crippen LogP contribution in [0.1, 0.15) is 49.4 Å². The number of carbonyl (C=O) groups excluding carboxylic acids is 1. The molecular formula is C22H23F4N7O3. The van der Waals surface area contributed by atoms with Crippen molar-refractivity contribution in [1.29, 1.82) is 0 Å². The number of rotatable bonds is 7. The van der Waals surface area contributed by atoms with Crippen LogP contribution in [0.2, 0.25) is 0 Å². The van der Waals surface area contributed by atoms with Crippen molar-refractivity contribution in [1.82, 2.24) is 29.9 Å². The van der Waals surface area contributed by atoms with Crippen LogP contribution in [0.15, 0.2) is 24.5 Å². The summed E-state index contributed by atoms with van der Waals surface area (Å²) < 4.78 is 62.9. The standard InChI is InChI=1S/C22H23F4N7O3/c23-18-13(1-2-15(18)36-20(34)30-21-6-11(7-21)8-21)14-5-16(32-31-14)29-19-27-4-3-17-28-12(9-33(17)19)10-35-22(24,25)26/h3-5,9,11,13,15,18H,1-2,6-8,10H2,(H,30,34)(H2,27,29,31,32)/t11?,13-,15-,18+,21?/m1/s1. The Bertz CT molecular complexity index is 1280. The largest absolute Gasteiger partial charge is 0.522 e. The molecular weight excluding hydrogens is 486 g/mol. The van der Waals surface area contributed by atoms with E-state index in [1.54, 1.807) is 6.07 Å². The highest BCUT2D eigenvalue weighted by Gasteiger charge is 2.58. The van der Waals surface area contributed by atoms with Crippen LogP contribution in [-0.4, -0.2) is 54.8 Å². The van der Waals surface area contributed by atoms with Crippen LogP contribution in [-0.2, 0) is 16.1 Å². The average Bonchev–Trinajstić information content (AvgIpc) is 3.48. The molecule has 7 rings (SSSR count). The molecule has 0 saturated heterocycles. The van der Waals surface area contributed by atoms with Crippen molar-refractivity contribution in [2.45, 2.75) is 68.8 Å². The summed E-state index contributed by atoms with van der Waals surface area (Å²) in [5.74, 6) is 0.777. The van der Waals surface area contributed by atoms with Gasteiger partial charge in [0, 0.05) is 35.6 Å². The van der Waals surface area contributed by atoms with Gasteiger partial charge in [0.05, 0.1) is 12.3 Å². The lowest BCUT2D eigenvalue weighted by Crippen LogP contribution is -2.68. The minimum absolute atomic E-state index is 0.0708. The van der Waals surface area contributed by atoms with E-state index in [9.17, 15) is 18.0 Å². The Balaban J connectivity index is 1.09. The Morgan fingerprint density at radius 2 is 2.08 bits per heavy atom. The number of alkyl carbamates (subject to hydrolysis) is 1. The normalized spacial score (nSPS) is 29.0. The second-order valence-electron chi connectivity index (χ2n) is 9.75. The fourth-order valence-corrected chi connectivity index (χ4v) is 5.38. The van der Waals surface area contributed by atoms with Gasteiger partial charge in [0.25, 0.3) is 0 Å². The molecule has 4 aliphatic rings. The monoisotopic (exact) mass is 509 g/mol. The van der Waals surface area contributed by atoms with Crippen molar-refractivity contribution >= 4 is 23.5 Å². The highest BCUT2D eigenvalue weighted by Crippen LogP contribution is 2.57. The highest BCUT2D eigenvalue weighted by atomic mass is 19.4. The number of hydrogen-bond acceptors (Lipinski definition) is 7. The topological polar surface area (TPSA) is 118 Å². The number of ether oxygens (including phenoxy) is 2. The fourth-order valence-electron chi connectivity index (χ4n) is 5.38. The number of alkyl halides is 4. The van der Waals surface area contributed by atoms with Crippen LogP contribution < -0.4 is 10.6 Å². The molecule has 0 aliphatic heterocycles. The number of carbonyl (C=O) groups is 1. The summed E-state index contributed by atoms with van der Waals surface area (Å²) >= 11 is 0. The Hall–Kier alpha value is -3.42. The Morgan fingerprint density at radius 3 is 2.81 bits per heavy atom. The van der Waals surface area contributed by atoms with Gasteiger partial charge in [-0.05, 0) is 44.1 Å². The van der Waals surface area contributed by atoms with Gasteiger partial charge in [-0.15, -0.1) is 13.2 Å². The quantitative estimate of drug-likeness (QED) is 0.411. The van der Waals surface area contributed by atoms with E-state index in [1.165, 1.54) is 22.9 Å². The second kappa shape index (κ2) is 8.32. The predicted molar refractivity (Wildman–Crippen MR) is 116 cm³/mol. The highest BCUT2D eigenvalue weighted by molar-refractivity contribution is 5.69. The van der Waals surface area contributed by atoms with Crippen LogP contribution >= 0.6 is 0 Å². The first-order valence-electron chi connectivity index (χ1n) is 11.7. The third kappa shape index (κ3) is 4.33. The molecule has 3 atom stereocenters. The van der Waals surface area contributed by atoms with Gasteiger partial charge in [0.15, 0.2) is 5.82 Å². The number of aromatic amines is 1. The number of nitrogens with one attached hydrogen (secondary N) is 3. The zero-order valence-corrected chi connectivity index (χ0v) is 18.9. The molecule has 0 radical (unpaired) electrons. The molecule has 3 N–H and O–H groups in total. The molecule has 14 heteroatoms. The molecule has 3 aromatic heterocycles. The van der Waals surface area contributed by atoms with E-state index in [4.69, 9.17) is 4.74 Å². The lowest BCUT2D eigenvalue weighted by atomic mass is 9.50. The van der Waals surface area contributed by atoms with Gasteiger partial charge < -0.3 is 15.4 Å². The first kappa shape index (κ1) is 23.0. The SMILES string of the molecule is O=C(NC12CC(C1)C2)O[C@@H]1CC[C@H](c2cc(Nc3nccc4nc(COC(F)(F)F)cn34)n[nH]2)[C@@H]1F. The molecule has 0 unspecified atom stereocenters. The van der Waals surface area contributed by atoms with Crippen molar-refractivity contribution in [3.8, 4) is 0 Å². The summed E-state index contributed by atoms with van der Waals surface area (Å²) in [4.78, 5) is 20.5. The molecule has 2 bridgehead atoms. The summed E-state index contributed by atoms with van der Waals surface area (Å²) in [7, 11) is 0. The van der Waals surface area contributed by atoms with Crippen LogP contribution in [0.25, 0.3) is 5.65 Å². The predicted octanol–water partition coefficient (Wildman–Crippen LogP) is 4.10. The number of anilines is 2. The number of aromatic nitrogens is 5. The van der Waals surface area contributed by atoms with E-state index >= 15 is 4.39 Å². The summed E-state index contributed by atoms with van der Waals surface area (Å²) in [6, 6.07) is 3.17. The van der Waals surface area contributed by atoms with Gasteiger partial charge in [-0.1, -0.05) is 0 Å². The fraction of sp³-hybridized carbons (Fsp3) is 0.545. The second-order valence-corrected chi connectivity index (χ2v) is 9.75. The van der Waals surface area contributed by atoms with E-state index in [0.717, 1.165) is 19.3 Å². The van der Waals surface area contributed by atoms with E-state index in [0.29, 0.717) is 35.9 Å². The maximum atomic E-state index is 15.2. The third-order valence-electron chi connectivity index (χ3n) is 7.22. The molecule has 4 fully saturated rings. The van der Waals surface area contributed by atoms with Crippen LogP contribution in [0.3, 0.4) is 0 Å². The minimum Gasteiger partial charge on any atom is -0.443 e. The lowest BCUT2D eigenvalue weighted by molar-refractivity contribution is -0.330. The number of H-pyrrole nitrogens is 1. The van der Waals surface area contributed by atoms with E-state index in [2.05, 4.69) is 35.5 Å². The van der Waals surface area contributed by atoms with Crippen molar-refractivity contribution in [3.63, 3.8) is 0 Å². The molecule has 10 nitrogen and oxygen atoms in total. The molecule has 36 heavy (non-hydrogen) atoms. The van der Waals surface area contributed by atoms with Crippen LogP contribution in [0.5, 0.6) is 0 Å². The average molecular weight is 509 g/mol. The van der Waals surface area contributed by atoms with Gasteiger partial charge >= 0.3 is 12.5 Å². The van der Waals surface area contributed by atoms with Crippen molar-refractivity contribution in [2.24, 2.45) is 5.92 Å². The molecule has 1 amide bonds. The first-order valence-corrected chi connectivity index (χ1v) is 11.7. The lowest BCUT2D eigenvalue weighted by Gasteiger charge is -2.61. The molecule has 3 aromatic rings. The maximum absolute atomic E-state index is 15.2. The summed E-state index contributed by atoms with van der Waals surface area (Å²) in [6.07, 6.45) is -0.925. The molecule has 192 valence electrons. The molecule has 3 heterocycles. The Kier molecular flexibility index (Phi) is 5.32. The van der Waals surface area contributed by atoms with Gasteiger partial charge in [0.2, 0.25) is 5.95 Å². The number of nitrogens with zero attached hydrogens (tertiary/aromatic N) is 4.